The summed E-state index contributed by atoms with van der Waals surface area (Å²) >= 11 is 0. The standard InChI is InChI=1S/C8H15N.O/c1-9-7-3-2-4-8(9)6-5-7;/h7-8H,2-6H2,1H3;/t7-,8+;. The van der Waals surface area contributed by atoms with E-state index in [-0.39, 0.29) is 5.48 Å². The van der Waals surface area contributed by atoms with Gasteiger partial charge in [0, 0.05) is 17.6 Å². The Morgan fingerprint density at radius 3 is 1.90 bits per heavy atom. The summed E-state index contributed by atoms with van der Waals surface area (Å²) in [5, 5.41) is 0. The summed E-state index contributed by atoms with van der Waals surface area (Å²) in [5.41, 5.74) is 0. The fraction of sp³-hybridized carbons (Fsp3) is 1.00. The lowest BCUT2D eigenvalue weighted by atomic mass is 10.0. The Bertz CT molecular complexity index is 99.8. The summed E-state index contributed by atoms with van der Waals surface area (Å²) < 4.78 is 0. The molecule has 0 unspecified atom stereocenters. The van der Waals surface area contributed by atoms with E-state index in [1.807, 2.05) is 0 Å². The number of hydrogen-bond acceptors (Lipinski definition) is 1. The summed E-state index contributed by atoms with van der Waals surface area (Å²) in [6.07, 6.45) is 7.36. The highest BCUT2D eigenvalue weighted by Crippen LogP contribution is 2.33. The summed E-state index contributed by atoms with van der Waals surface area (Å²) in [5.74, 6) is 0. The van der Waals surface area contributed by atoms with Crippen LogP contribution in [0.5, 0.6) is 0 Å². The molecule has 2 radical (unpaired) electrons. The van der Waals surface area contributed by atoms with Crippen LogP contribution in [0.2, 0.25) is 0 Å². The highest BCUT2D eigenvalue weighted by molar-refractivity contribution is 4.89. The molecule has 2 saturated heterocycles. The second-order valence-corrected chi connectivity index (χ2v) is 3.48. The van der Waals surface area contributed by atoms with Gasteiger partial charge < -0.3 is 4.90 Å². The van der Waals surface area contributed by atoms with E-state index in [0.717, 1.165) is 12.1 Å². The van der Waals surface area contributed by atoms with Crippen molar-refractivity contribution in [1.29, 1.82) is 0 Å². The Morgan fingerprint density at radius 1 is 1.00 bits per heavy atom. The van der Waals surface area contributed by atoms with Gasteiger partial charge in [-0.2, -0.15) is 0 Å². The first-order valence-electron chi connectivity index (χ1n) is 4.10. The van der Waals surface area contributed by atoms with E-state index in [4.69, 9.17) is 0 Å². The summed E-state index contributed by atoms with van der Waals surface area (Å²) in [6.45, 7) is 0. The van der Waals surface area contributed by atoms with Crippen LogP contribution in [0.15, 0.2) is 0 Å². The van der Waals surface area contributed by atoms with Gasteiger partial charge in [-0.05, 0) is 32.7 Å². The predicted octanol–water partition coefficient (Wildman–Crippen LogP) is 1.51. The molecule has 0 aromatic rings. The molecule has 2 nitrogen and oxygen atoms in total. The molecule has 2 aliphatic rings. The lowest BCUT2D eigenvalue weighted by Gasteiger charge is -2.30. The third-order valence-electron chi connectivity index (χ3n) is 3.06. The monoisotopic (exact) mass is 141 g/mol. The van der Waals surface area contributed by atoms with E-state index < -0.39 is 0 Å². The molecule has 2 heteroatoms. The van der Waals surface area contributed by atoms with Crippen molar-refractivity contribution in [2.24, 2.45) is 0 Å². The van der Waals surface area contributed by atoms with Gasteiger partial charge in [0.1, 0.15) is 0 Å². The molecule has 0 aliphatic carbocycles. The lowest BCUT2D eigenvalue weighted by molar-refractivity contribution is 0.179. The average Bonchev–Trinajstić information content (AvgIpc) is 2.19. The van der Waals surface area contributed by atoms with E-state index in [9.17, 15) is 0 Å². The Morgan fingerprint density at radius 2 is 1.50 bits per heavy atom. The molecule has 2 aliphatic heterocycles. The van der Waals surface area contributed by atoms with E-state index in [2.05, 4.69) is 11.9 Å². The highest BCUT2D eigenvalue weighted by Gasteiger charge is 2.33. The minimum Gasteiger partial charge on any atom is -0.300 e. The zero-order valence-electron chi connectivity index (χ0n) is 6.55. The topological polar surface area (TPSA) is 31.7 Å². The molecular formula is C8H15NO. The van der Waals surface area contributed by atoms with Crippen LogP contribution in [-0.2, 0) is 5.48 Å². The molecule has 10 heavy (non-hydrogen) atoms. The Balaban J connectivity index is 0.000000500. The molecule has 0 N–H and O–H groups in total. The van der Waals surface area contributed by atoms with Crippen molar-refractivity contribution >= 4 is 0 Å². The number of hydrogen-bond donors (Lipinski definition) is 0. The first-order valence-corrected chi connectivity index (χ1v) is 4.10. The molecule has 0 aromatic heterocycles. The number of piperidine rings is 1. The van der Waals surface area contributed by atoms with Crippen LogP contribution in [0.3, 0.4) is 0 Å². The second kappa shape index (κ2) is 2.89. The van der Waals surface area contributed by atoms with Crippen molar-refractivity contribution in [1.82, 2.24) is 4.90 Å². The Hall–Kier alpha value is -0.0800. The molecule has 58 valence electrons. The van der Waals surface area contributed by atoms with Crippen molar-refractivity contribution < 1.29 is 5.48 Å². The normalized spacial score (nSPS) is 39.3. The molecule has 2 fully saturated rings. The first kappa shape index (κ1) is 8.02. The van der Waals surface area contributed by atoms with Crippen LogP contribution in [0, 0.1) is 0 Å². The van der Waals surface area contributed by atoms with Crippen LogP contribution in [-0.4, -0.2) is 24.0 Å². The molecule has 0 amide bonds. The fourth-order valence-corrected chi connectivity index (χ4v) is 2.38. The van der Waals surface area contributed by atoms with E-state index in [0.29, 0.717) is 0 Å². The van der Waals surface area contributed by atoms with Crippen LogP contribution in [0.1, 0.15) is 32.1 Å². The second-order valence-electron chi connectivity index (χ2n) is 3.48. The van der Waals surface area contributed by atoms with Crippen LogP contribution in [0.4, 0.5) is 0 Å². The van der Waals surface area contributed by atoms with Gasteiger partial charge in [-0.25, -0.2) is 0 Å². The van der Waals surface area contributed by atoms with Crippen molar-refractivity contribution in [2.75, 3.05) is 7.05 Å². The number of nitrogens with zero attached hydrogens (tertiary/aromatic N) is 1. The molecule has 2 rings (SSSR count). The smallest absolute Gasteiger partial charge is 0.00957 e. The maximum atomic E-state index is 2.59. The molecule has 0 aromatic carbocycles. The SMILES string of the molecule is CN1[C@@H]2CCC[C@H]1CC2.[O]. The van der Waals surface area contributed by atoms with Crippen molar-refractivity contribution in [3.05, 3.63) is 0 Å². The van der Waals surface area contributed by atoms with Gasteiger partial charge in [0.25, 0.3) is 0 Å². The maximum Gasteiger partial charge on any atom is 0.00957 e. The fourth-order valence-electron chi connectivity index (χ4n) is 2.38. The number of rotatable bonds is 0. The van der Waals surface area contributed by atoms with Gasteiger partial charge in [0.15, 0.2) is 0 Å². The maximum absolute atomic E-state index is 2.59. The first-order chi connectivity index (χ1) is 4.38. The van der Waals surface area contributed by atoms with Gasteiger partial charge in [-0.1, -0.05) is 6.42 Å². The van der Waals surface area contributed by atoms with Crippen LogP contribution < -0.4 is 0 Å². The third kappa shape index (κ3) is 1.06. The van der Waals surface area contributed by atoms with Crippen LogP contribution in [0.25, 0.3) is 0 Å². The quantitative estimate of drug-likeness (QED) is 0.503. The van der Waals surface area contributed by atoms with Gasteiger partial charge >= 0.3 is 0 Å². The summed E-state index contributed by atoms with van der Waals surface area (Å²) in [6, 6.07) is 1.92. The van der Waals surface area contributed by atoms with Gasteiger partial charge in [0.05, 0.1) is 0 Å². The average molecular weight is 141 g/mol. The lowest BCUT2D eigenvalue weighted by Crippen LogP contribution is -2.35. The molecular weight excluding hydrogens is 126 g/mol. The van der Waals surface area contributed by atoms with E-state index in [1.54, 1.807) is 0 Å². The summed E-state index contributed by atoms with van der Waals surface area (Å²) in [7, 11) is 2.29. The number of fused-ring (bicyclic) bond motifs is 2. The zero-order valence-corrected chi connectivity index (χ0v) is 6.55. The minimum absolute atomic E-state index is 0. The molecule has 2 bridgehead atoms. The summed E-state index contributed by atoms with van der Waals surface area (Å²) in [4.78, 5) is 2.59. The van der Waals surface area contributed by atoms with E-state index >= 15 is 0 Å². The predicted molar refractivity (Wildman–Crippen MR) is 39.1 cm³/mol. The largest absolute Gasteiger partial charge is 0.300 e. The Kier molecular flexibility index (Phi) is 2.32. The van der Waals surface area contributed by atoms with E-state index in [1.165, 1.54) is 32.1 Å². The Labute approximate surface area is 62.5 Å². The van der Waals surface area contributed by atoms with Crippen LogP contribution >= 0.6 is 0 Å². The van der Waals surface area contributed by atoms with Gasteiger partial charge in [-0.3, -0.25) is 0 Å². The third-order valence-corrected chi connectivity index (χ3v) is 3.06. The van der Waals surface area contributed by atoms with Crippen molar-refractivity contribution in [2.45, 2.75) is 44.2 Å². The van der Waals surface area contributed by atoms with Crippen molar-refractivity contribution in [3.63, 3.8) is 0 Å². The molecule has 2 atom stereocenters. The highest BCUT2D eigenvalue weighted by atomic mass is 16.0. The van der Waals surface area contributed by atoms with Gasteiger partial charge in [0.2, 0.25) is 0 Å². The molecule has 0 spiro atoms. The zero-order chi connectivity index (χ0) is 6.27. The van der Waals surface area contributed by atoms with Gasteiger partial charge in [-0.15, -0.1) is 0 Å². The molecule has 2 heterocycles. The minimum atomic E-state index is 0. The molecule has 0 saturated carbocycles. The van der Waals surface area contributed by atoms with Crippen molar-refractivity contribution in [3.8, 4) is 0 Å².